The van der Waals surface area contributed by atoms with Crippen LogP contribution < -0.4 is 5.32 Å². The molecule has 5 rings (SSSR count). The lowest BCUT2D eigenvalue weighted by Crippen LogP contribution is -2.46. The van der Waals surface area contributed by atoms with Crippen LogP contribution in [0.4, 0.5) is 4.79 Å². The van der Waals surface area contributed by atoms with Crippen LogP contribution in [-0.4, -0.2) is 53.7 Å². The summed E-state index contributed by atoms with van der Waals surface area (Å²) < 4.78 is 5.62. The minimum absolute atomic E-state index is 0.00485. The van der Waals surface area contributed by atoms with E-state index in [0.717, 1.165) is 12.8 Å². The average Bonchev–Trinajstić information content (AvgIpc) is 3.30. The zero-order valence-electron chi connectivity index (χ0n) is 20.2. The summed E-state index contributed by atoms with van der Waals surface area (Å²) in [5.74, 6) is -1.14. The number of carbonyl (C=O) groups excluding carboxylic acids is 2. The second-order valence-electron chi connectivity index (χ2n) is 10.9. The zero-order valence-corrected chi connectivity index (χ0v) is 20.2. The van der Waals surface area contributed by atoms with Crippen molar-refractivity contribution in [3.05, 3.63) is 59.7 Å². The van der Waals surface area contributed by atoms with Gasteiger partial charge in [0, 0.05) is 31.5 Å². The Morgan fingerprint density at radius 1 is 1.03 bits per heavy atom. The van der Waals surface area contributed by atoms with Crippen molar-refractivity contribution in [1.29, 1.82) is 0 Å². The lowest BCUT2D eigenvalue weighted by atomic mass is 9.78. The van der Waals surface area contributed by atoms with Gasteiger partial charge in [0.25, 0.3) is 0 Å². The molecular weight excluding hydrogens is 444 g/mol. The number of nitrogens with zero attached hydrogens (tertiary/aromatic N) is 1. The molecule has 0 radical (unpaired) electrons. The highest BCUT2D eigenvalue weighted by Gasteiger charge is 2.46. The zero-order chi connectivity index (χ0) is 24.7. The molecule has 3 aliphatic rings. The molecule has 7 heteroatoms. The summed E-state index contributed by atoms with van der Waals surface area (Å²) in [6, 6.07) is 16.5. The molecule has 1 atom stereocenters. The maximum atomic E-state index is 12.7. The summed E-state index contributed by atoms with van der Waals surface area (Å²) >= 11 is 0. The van der Waals surface area contributed by atoms with Gasteiger partial charge in [-0.1, -0.05) is 62.4 Å². The number of fused-ring (bicyclic) bond motifs is 3. The molecule has 0 aromatic heterocycles. The number of benzene rings is 2. The van der Waals surface area contributed by atoms with Crippen molar-refractivity contribution in [2.24, 2.45) is 17.3 Å². The van der Waals surface area contributed by atoms with Crippen LogP contribution >= 0.6 is 0 Å². The molecule has 35 heavy (non-hydrogen) atoms. The number of likely N-dealkylation sites (tertiary alicyclic amines) is 1. The third-order valence-electron chi connectivity index (χ3n) is 7.96. The predicted molar refractivity (Wildman–Crippen MR) is 131 cm³/mol. The molecule has 0 bridgehead atoms. The van der Waals surface area contributed by atoms with Gasteiger partial charge in [0.2, 0.25) is 5.91 Å². The minimum atomic E-state index is -0.846. The van der Waals surface area contributed by atoms with Gasteiger partial charge >= 0.3 is 12.1 Å². The number of alkyl carbamates (subject to hydrolysis) is 1. The van der Waals surface area contributed by atoms with Gasteiger partial charge in [0.15, 0.2) is 0 Å². The third kappa shape index (κ3) is 4.51. The quantitative estimate of drug-likeness (QED) is 0.649. The van der Waals surface area contributed by atoms with Gasteiger partial charge in [-0.15, -0.1) is 0 Å². The van der Waals surface area contributed by atoms with Gasteiger partial charge in [-0.2, -0.15) is 0 Å². The lowest BCUT2D eigenvalue weighted by Gasteiger charge is -2.36. The van der Waals surface area contributed by atoms with Gasteiger partial charge < -0.3 is 20.1 Å². The number of carbonyl (C=O) groups is 3. The topological polar surface area (TPSA) is 95.9 Å². The fourth-order valence-electron chi connectivity index (χ4n) is 5.94. The van der Waals surface area contributed by atoms with Crippen LogP contribution in [0.2, 0.25) is 0 Å². The van der Waals surface area contributed by atoms with Crippen LogP contribution in [0.15, 0.2) is 48.5 Å². The summed E-state index contributed by atoms with van der Waals surface area (Å²) in [6.07, 6.45) is 1.43. The van der Waals surface area contributed by atoms with Crippen LogP contribution in [0, 0.1) is 17.3 Å². The van der Waals surface area contributed by atoms with E-state index in [2.05, 4.69) is 29.6 Å². The molecule has 2 aromatic carbocycles. The van der Waals surface area contributed by atoms with E-state index in [4.69, 9.17) is 4.74 Å². The maximum Gasteiger partial charge on any atom is 0.407 e. The smallest absolute Gasteiger partial charge is 0.407 e. The Kier molecular flexibility index (Phi) is 6.03. The third-order valence-corrected chi connectivity index (χ3v) is 7.96. The molecule has 7 nitrogen and oxygen atoms in total. The Balaban J connectivity index is 1.08. The van der Waals surface area contributed by atoms with Crippen molar-refractivity contribution in [3.63, 3.8) is 0 Å². The Morgan fingerprint density at radius 2 is 1.63 bits per heavy atom. The Morgan fingerprint density at radius 3 is 2.20 bits per heavy atom. The fraction of sp³-hybridized carbons (Fsp3) is 0.464. The predicted octanol–water partition coefficient (Wildman–Crippen LogP) is 4.26. The second-order valence-corrected chi connectivity index (χ2v) is 10.9. The first-order valence-corrected chi connectivity index (χ1v) is 12.3. The van der Waals surface area contributed by atoms with Crippen LogP contribution in [0.1, 0.15) is 50.2 Å². The number of hydrogen-bond donors (Lipinski definition) is 2. The first-order valence-electron chi connectivity index (χ1n) is 12.3. The van der Waals surface area contributed by atoms with Gasteiger partial charge in [-0.05, 0) is 46.4 Å². The Bertz CT molecular complexity index is 1110. The van der Waals surface area contributed by atoms with Crippen LogP contribution in [0.5, 0.6) is 0 Å². The molecule has 1 unspecified atom stereocenters. The van der Waals surface area contributed by atoms with Crippen molar-refractivity contribution in [1.82, 2.24) is 10.2 Å². The summed E-state index contributed by atoms with van der Waals surface area (Å²) in [5, 5.41) is 12.4. The molecule has 2 amide bonds. The first kappa shape index (κ1) is 23.4. The van der Waals surface area contributed by atoms with Crippen molar-refractivity contribution in [3.8, 4) is 11.1 Å². The fourth-order valence-corrected chi connectivity index (χ4v) is 5.94. The van der Waals surface area contributed by atoms with E-state index in [0.29, 0.717) is 13.0 Å². The highest BCUT2D eigenvalue weighted by atomic mass is 16.5. The average molecular weight is 477 g/mol. The standard InChI is InChI=1S/C28H32N2O5/c1-28(2)16-30(14-24(28)26(32)33)25(31)13-17-11-18(12-17)29-27(34)35-15-23-21-9-5-3-7-19(21)20-8-4-6-10-22(20)23/h3-10,17-18,23-24H,11-16H2,1-2H3,(H,29,34)(H,32,33). The molecule has 2 aromatic rings. The summed E-state index contributed by atoms with van der Waals surface area (Å²) in [4.78, 5) is 38.4. The minimum Gasteiger partial charge on any atom is -0.481 e. The lowest BCUT2D eigenvalue weighted by molar-refractivity contribution is -0.144. The van der Waals surface area contributed by atoms with E-state index in [9.17, 15) is 19.5 Å². The largest absolute Gasteiger partial charge is 0.481 e. The molecule has 184 valence electrons. The van der Waals surface area contributed by atoms with E-state index in [1.807, 2.05) is 38.1 Å². The number of nitrogens with one attached hydrogen (secondary N) is 1. The van der Waals surface area contributed by atoms with Crippen molar-refractivity contribution in [2.45, 2.75) is 45.1 Å². The normalized spacial score (nSPS) is 24.3. The first-order chi connectivity index (χ1) is 16.7. The molecule has 2 N–H and O–H groups in total. The number of aliphatic carboxylic acids is 1. The Labute approximate surface area is 205 Å². The molecule has 2 fully saturated rings. The van der Waals surface area contributed by atoms with Gasteiger partial charge in [0.05, 0.1) is 5.92 Å². The number of carboxylic acid groups (broad SMARTS) is 1. The summed E-state index contributed by atoms with van der Waals surface area (Å²) in [7, 11) is 0. The van der Waals surface area contributed by atoms with E-state index in [1.54, 1.807) is 4.90 Å². The molecular formula is C28H32N2O5. The van der Waals surface area contributed by atoms with Gasteiger partial charge in [-0.3, -0.25) is 9.59 Å². The van der Waals surface area contributed by atoms with Crippen molar-refractivity contribution < 1.29 is 24.2 Å². The monoisotopic (exact) mass is 476 g/mol. The Hall–Kier alpha value is -3.35. The highest BCUT2D eigenvalue weighted by Crippen LogP contribution is 2.44. The van der Waals surface area contributed by atoms with Crippen molar-refractivity contribution >= 4 is 18.0 Å². The van der Waals surface area contributed by atoms with Gasteiger partial charge in [-0.25, -0.2) is 4.79 Å². The number of amides is 2. The SMILES string of the molecule is CC1(C)CN(C(=O)CC2CC(NC(=O)OCC3c4ccccc4-c4ccccc43)C2)CC1C(=O)O. The highest BCUT2D eigenvalue weighted by molar-refractivity contribution is 5.80. The van der Waals surface area contributed by atoms with E-state index in [-0.39, 0.29) is 36.9 Å². The summed E-state index contributed by atoms with van der Waals surface area (Å²) in [6.45, 7) is 4.82. The van der Waals surface area contributed by atoms with Crippen molar-refractivity contribution in [2.75, 3.05) is 19.7 Å². The molecule has 2 aliphatic carbocycles. The molecule has 0 spiro atoms. The van der Waals surface area contributed by atoms with Crippen LogP contribution in [-0.2, 0) is 14.3 Å². The summed E-state index contributed by atoms with van der Waals surface area (Å²) in [5.41, 5.74) is 4.33. The second kappa shape index (κ2) is 9.02. The molecule has 1 saturated heterocycles. The maximum absolute atomic E-state index is 12.7. The van der Waals surface area contributed by atoms with Crippen LogP contribution in [0.25, 0.3) is 11.1 Å². The van der Waals surface area contributed by atoms with E-state index in [1.165, 1.54) is 22.3 Å². The number of carboxylic acids is 1. The van der Waals surface area contributed by atoms with E-state index < -0.39 is 23.4 Å². The van der Waals surface area contributed by atoms with E-state index >= 15 is 0 Å². The number of ether oxygens (including phenoxy) is 1. The molecule has 1 heterocycles. The number of hydrogen-bond acceptors (Lipinski definition) is 4. The molecule has 1 saturated carbocycles. The number of rotatable bonds is 6. The van der Waals surface area contributed by atoms with Crippen LogP contribution in [0.3, 0.4) is 0 Å². The van der Waals surface area contributed by atoms with Gasteiger partial charge in [0.1, 0.15) is 6.61 Å². The molecule has 1 aliphatic heterocycles.